The number of esters is 2. The molecule has 20 heteroatoms. The molecule has 0 saturated carbocycles. The van der Waals surface area contributed by atoms with Gasteiger partial charge in [-0.3, -0.25) is 38.5 Å². The van der Waals surface area contributed by atoms with Crippen molar-refractivity contribution >= 4 is 41.5 Å². The van der Waals surface area contributed by atoms with Crippen molar-refractivity contribution in [1.29, 1.82) is 0 Å². The summed E-state index contributed by atoms with van der Waals surface area (Å²) < 4.78 is 33.9. The van der Waals surface area contributed by atoms with Crippen molar-refractivity contribution in [3.05, 3.63) is 35.9 Å². The molecule has 2 rings (SSSR count). The highest BCUT2D eigenvalue weighted by Crippen LogP contribution is 2.30. The topological polar surface area (TPSA) is 241 Å². The van der Waals surface area contributed by atoms with Gasteiger partial charge in [-0.15, -0.1) is 0 Å². The van der Waals surface area contributed by atoms with E-state index in [1.165, 1.54) is 21.3 Å². The Morgan fingerprint density at radius 2 is 1.47 bits per heavy atom. The van der Waals surface area contributed by atoms with Gasteiger partial charge in [-0.25, -0.2) is 0 Å². The maximum absolute atomic E-state index is 14.5. The molecule has 1 aromatic rings. The van der Waals surface area contributed by atoms with E-state index >= 15 is 0 Å². The number of amides is 5. The standard InChI is InChI=1S/C54H92N6O14/c1-16-35(7)49(59(12)54(68)47(33(3)4)57-53(67)48(34(5)6)58(10)11)41(69-13)29-43(63)60-28-22-25-40(60)50(71-15)36(8)52(66)56-37(9)51(38-23-19-18-20-24-38)74-45(65)30-55-42(62)26-21-27-44(64)72-32-46(70-14)73-39(17-2)31-61/h18-20,23-24,33-37,39-41,46-51,61H,16-17,21-22,25-32H2,1-15H3,(H,55,62)(H,56,66)(H,57,67)/t35-,36+,37+,39?,40-,41+,46?,47?,48-,49-,50+,51?/m0/s1. The van der Waals surface area contributed by atoms with Crippen molar-refractivity contribution in [2.45, 2.75) is 175 Å². The van der Waals surface area contributed by atoms with Gasteiger partial charge in [-0.05, 0) is 70.0 Å². The summed E-state index contributed by atoms with van der Waals surface area (Å²) in [4.78, 5) is 99.9. The minimum absolute atomic E-state index is 0.0105. The molecule has 74 heavy (non-hydrogen) atoms. The van der Waals surface area contributed by atoms with Crippen molar-refractivity contribution < 1.29 is 67.1 Å². The van der Waals surface area contributed by atoms with Crippen molar-refractivity contribution in [2.24, 2.45) is 23.7 Å². The molecular weight excluding hydrogens is 957 g/mol. The number of aliphatic hydroxyl groups is 1. The molecule has 0 bridgehead atoms. The summed E-state index contributed by atoms with van der Waals surface area (Å²) in [5.41, 5.74) is 0.606. The number of carbonyl (C=O) groups excluding carboxylic acids is 7. The maximum atomic E-state index is 14.5. The second-order valence-corrected chi connectivity index (χ2v) is 20.4. The van der Waals surface area contributed by atoms with Gasteiger partial charge in [0, 0.05) is 47.8 Å². The Morgan fingerprint density at radius 3 is 2.01 bits per heavy atom. The van der Waals surface area contributed by atoms with E-state index in [1.54, 1.807) is 61.0 Å². The number of likely N-dealkylation sites (tertiary alicyclic amines) is 1. The Kier molecular flexibility index (Phi) is 29.5. The molecule has 0 spiro atoms. The molecule has 0 aromatic heterocycles. The van der Waals surface area contributed by atoms with Crippen LogP contribution in [0.4, 0.5) is 0 Å². The van der Waals surface area contributed by atoms with E-state index < -0.39 is 97.1 Å². The number of carbonyl (C=O) groups is 7. The lowest BCUT2D eigenvalue weighted by atomic mass is 9.89. The smallest absolute Gasteiger partial charge is 0.326 e. The molecule has 4 unspecified atom stereocenters. The summed E-state index contributed by atoms with van der Waals surface area (Å²) in [6, 6.07) is 5.92. The minimum Gasteiger partial charge on any atom is -0.460 e. The molecule has 422 valence electrons. The van der Waals surface area contributed by atoms with Gasteiger partial charge in [-0.2, -0.15) is 0 Å². The summed E-state index contributed by atoms with van der Waals surface area (Å²) in [5, 5.41) is 17.9. The predicted octanol–water partition coefficient (Wildman–Crippen LogP) is 4.01. The Labute approximate surface area is 440 Å². The third-order valence-corrected chi connectivity index (χ3v) is 14.0. The fourth-order valence-electron chi connectivity index (χ4n) is 9.66. The van der Waals surface area contributed by atoms with Gasteiger partial charge in [0.15, 0.2) is 6.29 Å². The average molecular weight is 1050 g/mol. The number of benzene rings is 1. The number of likely N-dealkylation sites (N-methyl/N-ethyl adjacent to an activating group) is 2. The molecule has 5 amide bonds. The van der Waals surface area contributed by atoms with Gasteiger partial charge in [0.1, 0.15) is 25.3 Å². The number of hydrogen-bond acceptors (Lipinski definition) is 15. The fourth-order valence-corrected chi connectivity index (χ4v) is 9.66. The summed E-state index contributed by atoms with van der Waals surface area (Å²) >= 11 is 0. The lowest BCUT2D eigenvalue weighted by Gasteiger charge is -2.41. The van der Waals surface area contributed by atoms with Crippen LogP contribution >= 0.6 is 0 Å². The second-order valence-electron chi connectivity index (χ2n) is 20.4. The first-order valence-corrected chi connectivity index (χ1v) is 26.4. The average Bonchev–Trinajstić information content (AvgIpc) is 3.86. The van der Waals surface area contributed by atoms with Crippen LogP contribution in [-0.2, 0) is 62.0 Å². The van der Waals surface area contributed by atoms with E-state index in [-0.39, 0.29) is 74.4 Å². The Morgan fingerprint density at radius 1 is 0.811 bits per heavy atom. The molecule has 0 radical (unpaired) electrons. The van der Waals surface area contributed by atoms with Gasteiger partial charge >= 0.3 is 11.9 Å². The quantitative estimate of drug-likeness (QED) is 0.0564. The highest BCUT2D eigenvalue weighted by molar-refractivity contribution is 5.90. The largest absolute Gasteiger partial charge is 0.460 e. The first-order valence-electron chi connectivity index (χ1n) is 26.4. The van der Waals surface area contributed by atoms with Crippen molar-refractivity contribution in [3.8, 4) is 0 Å². The first kappa shape index (κ1) is 65.4. The van der Waals surface area contributed by atoms with Crippen LogP contribution in [0.3, 0.4) is 0 Å². The molecule has 4 N–H and O–H groups in total. The summed E-state index contributed by atoms with van der Waals surface area (Å²) in [6.45, 7) is 16.6. The van der Waals surface area contributed by atoms with Gasteiger partial charge < -0.3 is 59.3 Å². The zero-order valence-electron chi connectivity index (χ0n) is 47.1. The Hall–Kier alpha value is -4.73. The Balaban J connectivity index is 2.14. The molecule has 20 nitrogen and oxygen atoms in total. The maximum Gasteiger partial charge on any atom is 0.326 e. The monoisotopic (exact) mass is 1050 g/mol. The van der Waals surface area contributed by atoms with Gasteiger partial charge in [0.25, 0.3) is 0 Å². The lowest BCUT2D eigenvalue weighted by Crippen LogP contribution is -2.59. The molecule has 1 heterocycles. The minimum atomic E-state index is -0.946. The van der Waals surface area contributed by atoms with Crippen LogP contribution in [0.25, 0.3) is 0 Å². The van der Waals surface area contributed by atoms with Gasteiger partial charge in [0.05, 0.1) is 61.4 Å². The van der Waals surface area contributed by atoms with E-state index in [4.69, 9.17) is 28.4 Å². The van der Waals surface area contributed by atoms with Crippen LogP contribution in [0.2, 0.25) is 0 Å². The molecule has 1 fully saturated rings. The van der Waals surface area contributed by atoms with Crippen LogP contribution in [0.5, 0.6) is 0 Å². The fraction of sp³-hybridized carbons (Fsp3) is 0.759. The van der Waals surface area contributed by atoms with Crippen LogP contribution in [-0.4, -0.2) is 185 Å². The van der Waals surface area contributed by atoms with Crippen molar-refractivity contribution in [2.75, 3.05) is 68.8 Å². The number of hydrogen-bond donors (Lipinski definition) is 4. The van der Waals surface area contributed by atoms with Gasteiger partial charge in [-0.1, -0.05) is 92.1 Å². The number of nitrogens with zero attached hydrogens (tertiary/aromatic N) is 3. The lowest BCUT2D eigenvalue weighted by molar-refractivity contribution is -0.194. The molecular formula is C54H92N6O14. The third-order valence-electron chi connectivity index (χ3n) is 14.0. The summed E-state index contributed by atoms with van der Waals surface area (Å²) in [5.74, 6) is -3.95. The van der Waals surface area contributed by atoms with Crippen LogP contribution < -0.4 is 16.0 Å². The second kappa shape index (κ2) is 33.3. The molecule has 0 aliphatic carbocycles. The van der Waals surface area contributed by atoms with Crippen LogP contribution in [0.15, 0.2) is 30.3 Å². The molecule has 1 aromatic carbocycles. The SMILES string of the molecule is CCC(CO)OC(COC(=O)CCCC(=O)NCC(=O)OC(c1ccccc1)[C@@H](C)NC(=O)[C@H](C)[C@@H](OC)[C@@H]1CCCN1C(=O)C[C@@H](OC)[C@H]([C@@H](C)CC)N(C)C(=O)C(NC(=O)[C@H](C(C)C)N(C)C)C(C)C)OC. The number of ether oxygens (including phenoxy) is 6. The normalized spacial score (nSPS) is 18.3. The van der Waals surface area contributed by atoms with E-state index in [9.17, 15) is 38.7 Å². The zero-order chi connectivity index (χ0) is 55.8. The Bertz CT molecular complexity index is 1880. The molecule has 12 atom stereocenters. The molecule has 1 aliphatic rings. The highest BCUT2D eigenvalue weighted by atomic mass is 16.7. The van der Waals surface area contributed by atoms with E-state index in [1.807, 2.05) is 67.5 Å². The van der Waals surface area contributed by atoms with E-state index in [2.05, 4.69) is 16.0 Å². The number of rotatable bonds is 34. The van der Waals surface area contributed by atoms with Crippen molar-refractivity contribution in [3.63, 3.8) is 0 Å². The molecule has 1 aliphatic heterocycles. The number of aliphatic hydroxyl groups excluding tert-OH is 1. The zero-order valence-corrected chi connectivity index (χ0v) is 47.1. The summed E-state index contributed by atoms with van der Waals surface area (Å²) in [7, 11) is 9.82. The highest BCUT2D eigenvalue weighted by Gasteiger charge is 2.43. The van der Waals surface area contributed by atoms with E-state index in [0.29, 0.717) is 37.8 Å². The first-order chi connectivity index (χ1) is 35.0. The van der Waals surface area contributed by atoms with Crippen LogP contribution in [0.1, 0.15) is 125 Å². The number of methoxy groups -OCH3 is 3. The van der Waals surface area contributed by atoms with E-state index in [0.717, 1.165) is 0 Å². The van der Waals surface area contributed by atoms with Crippen molar-refractivity contribution in [1.82, 2.24) is 30.7 Å². The number of nitrogens with one attached hydrogen (secondary N) is 3. The van der Waals surface area contributed by atoms with Crippen LogP contribution in [0, 0.1) is 23.7 Å². The third kappa shape index (κ3) is 20.1. The summed E-state index contributed by atoms with van der Waals surface area (Å²) in [6.07, 6.45) is -1.19. The predicted molar refractivity (Wildman–Crippen MR) is 279 cm³/mol. The van der Waals surface area contributed by atoms with Gasteiger partial charge in [0.2, 0.25) is 29.5 Å². The molecule has 1 saturated heterocycles.